The number of carbonyl (C=O) groups excluding carboxylic acids is 1. The molecule has 90 valence electrons. The Morgan fingerprint density at radius 3 is 2.88 bits per heavy atom. The number of aromatic nitrogens is 1. The van der Waals surface area contributed by atoms with Crippen LogP contribution in [0.25, 0.3) is 0 Å². The van der Waals surface area contributed by atoms with E-state index < -0.39 is 0 Å². The van der Waals surface area contributed by atoms with E-state index in [1.54, 1.807) is 7.05 Å². The average molecular weight is 231 g/mol. The average Bonchev–Trinajstić information content (AvgIpc) is 2.64. The molecular formula is C13H17N3O. The molecule has 2 aliphatic rings. The van der Waals surface area contributed by atoms with Crippen LogP contribution in [0.2, 0.25) is 0 Å². The van der Waals surface area contributed by atoms with Gasteiger partial charge in [0, 0.05) is 32.4 Å². The smallest absolute Gasteiger partial charge is 0.225 e. The zero-order valence-corrected chi connectivity index (χ0v) is 10.4. The molecule has 2 heterocycles. The van der Waals surface area contributed by atoms with Gasteiger partial charge in [-0.25, -0.2) is 0 Å². The van der Waals surface area contributed by atoms with Gasteiger partial charge in [-0.2, -0.15) is 0 Å². The fourth-order valence-electron chi connectivity index (χ4n) is 2.95. The summed E-state index contributed by atoms with van der Waals surface area (Å²) in [5, 5.41) is 3.01. The van der Waals surface area contributed by atoms with E-state index in [4.69, 9.17) is 0 Å². The highest BCUT2D eigenvalue weighted by Gasteiger charge is 2.35. The molecule has 0 saturated carbocycles. The van der Waals surface area contributed by atoms with Crippen LogP contribution in [0, 0.1) is 0 Å². The van der Waals surface area contributed by atoms with Crippen molar-refractivity contribution in [3.8, 4) is 0 Å². The number of ketones is 1. The number of nitrogens with zero attached hydrogens (tertiary/aromatic N) is 2. The van der Waals surface area contributed by atoms with Gasteiger partial charge in [0.1, 0.15) is 0 Å². The van der Waals surface area contributed by atoms with Gasteiger partial charge in [-0.05, 0) is 25.1 Å². The molecule has 1 atom stereocenters. The number of allylic oxidation sites excluding steroid dienone is 1. The lowest BCUT2D eigenvalue weighted by atomic mass is 9.88. The van der Waals surface area contributed by atoms with E-state index in [1.165, 1.54) is 11.1 Å². The topological polar surface area (TPSA) is 37.3 Å². The van der Waals surface area contributed by atoms with Crippen LogP contribution in [-0.2, 0) is 13.5 Å². The minimum atomic E-state index is 0.114. The Kier molecular flexibility index (Phi) is 2.16. The molecular weight excluding hydrogens is 214 g/mol. The lowest BCUT2D eigenvalue weighted by molar-refractivity contribution is 0.101. The van der Waals surface area contributed by atoms with Crippen LogP contribution in [0.3, 0.4) is 0 Å². The van der Waals surface area contributed by atoms with E-state index in [9.17, 15) is 4.79 Å². The molecule has 1 unspecified atom stereocenters. The summed E-state index contributed by atoms with van der Waals surface area (Å²) in [5.41, 5.74) is 4.10. The Morgan fingerprint density at radius 1 is 1.41 bits per heavy atom. The Morgan fingerprint density at radius 2 is 2.18 bits per heavy atom. The van der Waals surface area contributed by atoms with E-state index in [0.717, 1.165) is 18.7 Å². The predicted octanol–water partition coefficient (Wildman–Crippen LogP) is 0.854. The molecule has 3 rings (SSSR count). The van der Waals surface area contributed by atoms with Gasteiger partial charge < -0.3 is 9.88 Å². The number of nitrogens with one attached hydrogen (secondary N) is 1. The molecule has 1 aromatic rings. The monoisotopic (exact) mass is 231 g/mol. The van der Waals surface area contributed by atoms with Crippen molar-refractivity contribution < 1.29 is 4.79 Å². The maximum Gasteiger partial charge on any atom is 0.225 e. The fraction of sp³-hybridized carbons (Fsp3) is 0.462. The first-order valence-electron chi connectivity index (χ1n) is 5.96. The van der Waals surface area contributed by atoms with E-state index in [-0.39, 0.29) is 11.8 Å². The maximum absolute atomic E-state index is 12.3. The first kappa shape index (κ1) is 10.6. The third-order valence-corrected chi connectivity index (χ3v) is 3.86. The molecule has 0 amide bonds. The zero-order chi connectivity index (χ0) is 12.2. The highest BCUT2D eigenvalue weighted by Crippen LogP contribution is 2.37. The maximum atomic E-state index is 12.3. The molecule has 4 heteroatoms. The summed E-state index contributed by atoms with van der Waals surface area (Å²) < 4.78 is 1.98. The van der Waals surface area contributed by atoms with Gasteiger partial charge in [-0.15, -0.1) is 0 Å². The van der Waals surface area contributed by atoms with Crippen molar-refractivity contribution in [2.45, 2.75) is 12.5 Å². The number of aryl methyl sites for hydroxylation is 1. The standard InChI is InChI=1S/C13H17N3O/c1-14-9-6-10-11-8(4-5-15(10)2)7-16(3)12(11)13(9)17/h6-7,10,14H,4-5H2,1-3H3. The lowest BCUT2D eigenvalue weighted by Crippen LogP contribution is -2.36. The number of rotatable bonds is 1. The van der Waals surface area contributed by atoms with Crippen molar-refractivity contribution in [1.82, 2.24) is 14.8 Å². The molecule has 0 fully saturated rings. The second-order valence-electron chi connectivity index (χ2n) is 4.86. The summed E-state index contributed by atoms with van der Waals surface area (Å²) >= 11 is 0. The highest BCUT2D eigenvalue weighted by atomic mass is 16.1. The van der Waals surface area contributed by atoms with Gasteiger partial charge in [0.2, 0.25) is 5.78 Å². The van der Waals surface area contributed by atoms with Gasteiger partial charge in [0.15, 0.2) is 0 Å². The van der Waals surface area contributed by atoms with Gasteiger partial charge in [-0.3, -0.25) is 9.69 Å². The van der Waals surface area contributed by atoms with Crippen LogP contribution in [0.4, 0.5) is 0 Å². The zero-order valence-electron chi connectivity index (χ0n) is 10.4. The van der Waals surface area contributed by atoms with E-state index >= 15 is 0 Å². The third-order valence-electron chi connectivity index (χ3n) is 3.86. The summed E-state index contributed by atoms with van der Waals surface area (Å²) in [6, 6.07) is 0.245. The molecule has 0 spiro atoms. The van der Waals surface area contributed by atoms with Crippen LogP contribution < -0.4 is 5.32 Å². The SMILES string of the molecule is CNC1=CC2c3c(cn(C)c3C1=O)CCN2C. The van der Waals surface area contributed by atoms with Crippen molar-refractivity contribution in [2.75, 3.05) is 20.6 Å². The lowest BCUT2D eigenvalue weighted by Gasteiger charge is -2.34. The quantitative estimate of drug-likeness (QED) is 0.778. The molecule has 1 N–H and O–H groups in total. The molecule has 1 aromatic heterocycles. The highest BCUT2D eigenvalue weighted by molar-refractivity contribution is 6.10. The van der Waals surface area contributed by atoms with E-state index in [1.807, 2.05) is 17.7 Å². The summed E-state index contributed by atoms with van der Waals surface area (Å²) in [6.07, 6.45) is 5.19. The molecule has 0 saturated heterocycles. The largest absolute Gasteiger partial charge is 0.385 e. The van der Waals surface area contributed by atoms with Crippen molar-refractivity contribution in [2.24, 2.45) is 7.05 Å². The number of likely N-dealkylation sites (N-methyl/N-ethyl adjacent to an activating group) is 2. The second-order valence-corrected chi connectivity index (χ2v) is 4.86. The van der Waals surface area contributed by atoms with Gasteiger partial charge in [-0.1, -0.05) is 0 Å². The Labute approximate surface area is 101 Å². The molecule has 1 aliphatic carbocycles. The van der Waals surface area contributed by atoms with Gasteiger partial charge >= 0.3 is 0 Å². The Bertz CT molecular complexity index is 527. The molecule has 17 heavy (non-hydrogen) atoms. The first-order chi connectivity index (χ1) is 8.13. The van der Waals surface area contributed by atoms with E-state index in [2.05, 4.69) is 23.5 Å². The second kappa shape index (κ2) is 3.47. The number of carbonyl (C=O) groups is 1. The van der Waals surface area contributed by atoms with Crippen molar-refractivity contribution in [1.29, 1.82) is 0 Å². The third kappa shape index (κ3) is 1.30. The number of hydrogen-bond acceptors (Lipinski definition) is 3. The van der Waals surface area contributed by atoms with Crippen molar-refractivity contribution >= 4 is 5.78 Å². The molecule has 1 aliphatic heterocycles. The minimum Gasteiger partial charge on any atom is -0.385 e. The normalized spacial score (nSPS) is 23.4. The van der Waals surface area contributed by atoms with Gasteiger partial charge in [0.05, 0.1) is 17.4 Å². The van der Waals surface area contributed by atoms with Gasteiger partial charge in [0.25, 0.3) is 0 Å². The summed E-state index contributed by atoms with van der Waals surface area (Å²) in [7, 11) is 5.88. The van der Waals surface area contributed by atoms with E-state index in [0.29, 0.717) is 5.70 Å². The molecule has 0 bridgehead atoms. The van der Waals surface area contributed by atoms with Crippen LogP contribution in [0.15, 0.2) is 18.0 Å². The van der Waals surface area contributed by atoms with Crippen molar-refractivity contribution in [3.05, 3.63) is 34.8 Å². The van der Waals surface area contributed by atoms with Crippen LogP contribution in [0.5, 0.6) is 0 Å². The van der Waals surface area contributed by atoms with Crippen LogP contribution >= 0.6 is 0 Å². The van der Waals surface area contributed by atoms with Crippen LogP contribution in [0.1, 0.15) is 27.7 Å². The minimum absolute atomic E-state index is 0.114. The first-order valence-corrected chi connectivity index (χ1v) is 5.96. The molecule has 4 nitrogen and oxygen atoms in total. The Hall–Kier alpha value is -1.55. The predicted molar refractivity (Wildman–Crippen MR) is 66.0 cm³/mol. The summed E-state index contributed by atoms with van der Waals surface area (Å²) in [5.74, 6) is 0.114. The summed E-state index contributed by atoms with van der Waals surface area (Å²) in [6.45, 7) is 1.04. The Balaban J connectivity index is 2.24. The number of hydrogen-bond donors (Lipinski definition) is 1. The molecule has 0 radical (unpaired) electrons. The fourth-order valence-corrected chi connectivity index (χ4v) is 2.95. The number of Topliss-reactive ketones (excluding diaryl/α,β-unsaturated/α-hetero) is 1. The summed E-state index contributed by atoms with van der Waals surface area (Å²) in [4.78, 5) is 14.6. The van der Waals surface area contributed by atoms with Crippen LogP contribution in [-0.4, -0.2) is 35.9 Å². The van der Waals surface area contributed by atoms with Crippen molar-refractivity contribution in [3.63, 3.8) is 0 Å². The molecule has 0 aromatic carbocycles.